The summed E-state index contributed by atoms with van der Waals surface area (Å²) >= 11 is 6.39. The third kappa shape index (κ3) is 2.56. The molecular weight excluding hydrogens is 328 g/mol. The summed E-state index contributed by atoms with van der Waals surface area (Å²) in [6.07, 6.45) is 1.38. The Morgan fingerprint density at radius 3 is 2.96 bits per heavy atom. The van der Waals surface area contributed by atoms with Gasteiger partial charge in [-0.1, -0.05) is 31.9 Å². The van der Waals surface area contributed by atoms with Gasteiger partial charge >= 0.3 is 5.97 Å². The normalized spacial score (nSPS) is 18.2. The van der Waals surface area contributed by atoms with E-state index < -0.39 is 5.97 Å². The highest BCUT2D eigenvalue weighted by Crippen LogP contribution is 2.42. The maximum atomic E-state index is 11.4. The number of carboxylic acids is 1. The first-order valence-electron chi connectivity index (χ1n) is 8.06. The highest BCUT2D eigenvalue weighted by atomic mass is 35.5. The highest BCUT2D eigenvalue weighted by Gasteiger charge is 2.33. The predicted molar refractivity (Wildman–Crippen MR) is 91.2 cm³/mol. The maximum Gasteiger partial charge on any atom is 0.323 e. The van der Waals surface area contributed by atoms with Gasteiger partial charge in [-0.05, 0) is 30.0 Å². The molecule has 1 aromatic carbocycles. The van der Waals surface area contributed by atoms with Gasteiger partial charge in [-0.2, -0.15) is 5.26 Å². The van der Waals surface area contributed by atoms with Crippen molar-refractivity contribution in [1.29, 1.82) is 5.26 Å². The van der Waals surface area contributed by atoms with Gasteiger partial charge in [0.15, 0.2) is 0 Å². The molecule has 126 valence electrons. The highest BCUT2D eigenvalue weighted by molar-refractivity contribution is 6.35. The van der Waals surface area contributed by atoms with Crippen LogP contribution in [0.5, 0.6) is 0 Å². The fourth-order valence-corrected chi connectivity index (χ4v) is 3.79. The summed E-state index contributed by atoms with van der Waals surface area (Å²) < 4.78 is 7.71. The van der Waals surface area contributed by atoms with E-state index in [9.17, 15) is 15.2 Å². The van der Waals surface area contributed by atoms with Crippen LogP contribution >= 0.6 is 11.6 Å². The molecule has 1 unspecified atom stereocenters. The molecule has 0 saturated heterocycles. The van der Waals surface area contributed by atoms with Crippen LogP contribution in [0.1, 0.15) is 43.2 Å². The van der Waals surface area contributed by atoms with Gasteiger partial charge in [-0.3, -0.25) is 4.79 Å². The van der Waals surface area contributed by atoms with Gasteiger partial charge in [0.1, 0.15) is 12.6 Å². The SMILES string of the molecule is CCC(C)[C@H]1OCCc2c1n(CC(=O)O)c1c(Cl)ccc(C#N)c21. The van der Waals surface area contributed by atoms with Crippen molar-refractivity contribution in [2.45, 2.75) is 39.3 Å². The Balaban J connectivity index is 2.40. The van der Waals surface area contributed by atoms with E-state index in [4.69, 9.17) is 16.3 Å². The minimum atomic E-state index is -0.943. The Morgan fingerprint density at radius 1 is 1.58 bits per heavy atom. The zero-order valence-corrected chi connectivity index (χ0v) is 14.4. The first-order chi connectivity index (χ1) is 11.5. The van der Waals surface area contributed by atoms with Gasteiger partial charge in [0.25, 0.3) is 0 Å². The van der Waals surface area contributed by atoms with Crippen molar-refractivity contribution < 1.29 is 14.6 Å². The Morgan fingerprint density at radius 2 is 2.33 bits per heavy atom. The monoisotopic (exact) mass is 346 g/mol. The molecule has 2 heterocycles. The molecular formula is C18H19ClN2O3. The number of nitriles is 1. The first-order valence-corrected chi connectivity index (χ1v) is 8.44. The number of carboxylic acid groups (broad SMARTS) is 1. The second-order valence-corrected chi connectivity index (χ2v) is 6.61. The van der Waals surface area contributed by atoms with Gasteiger partial charge in [0.2, 0.25) is 0 Å². The van der Waals surface area contributed by atoms with Crippen LogP contribution < -0.4 is 0 Å². The summed E-state index contributed by atoms with van der Waals surface area (Å²) in [5.74, 6) is -0.702. The van der Waals surface area contributed by atoms with Crippen molar-refractivity contribution in [2.24, 2.45) is 5.92 Å². The lowest BCUT2D eigenvalue weighted by Gasteiger charge is -2.30. The van der Waals surface area contributed by atoms with Gasteiger partial charge in [0.05, 0.1) is 34.5 Å². The Kier molecular flexibility index (Phi) is 4.53. The third-order valence-corrected chi connectivity index (χ3v) is 5.10. The largest absolute Gasteiger partial charge is 0.480 e. The smallest absolute Gasteiger partial charge is 0.323 e. The minimum Gasteiger partial charge on any atom is -0.480 e. The summed E-state index contributed by atoms with van der Waals surface area (Å²) in [6.45, 7) is 4.54. The number of ether oxygens (including phenoxy) is 1. The number of rotatable bonds is 4. The molecule has 3 rings (SSSR count). The number of fused-ring (bicyclic) bond motifs is 3. The molecule has 0 amide bonds. The Bertz CT molecular complexity index is 850. The molecule has 6 heteroatoms. The van der Waals surface area contributed by atoms with Gasteiger partial charge in [-0.15, -0.1) is 0 Å². The lowest BCUT2D eigenvalue weighted by Crippen LogP contribution is -2.25. The van der Waals surface area contributed by atoms with Crippen LogP contribution in [0.3, 0.4) is 0 Å². The van der Waals surface area contributed by atoms with Gasteiger partial charge in [-0.25, -0.2) is 0 Å². The van der Waals surface area contributed by atoms with Gasteiger partial charge < -0.3 is 14.4 Å². The van der Waals surface area contributed by atoms with Crippen LogP contribution in [0.25, 0.3) is 10.9 Å². The molecule has 5 nitrogen and oxygen atoms in total. The van der Waals surface area contributed by atoms with Crippen molar-refractivity contribution >= 4 is 28.5 Å². The molecule has 0 bridgehead atoms. The number of hydrogen-bond acceptors (Lipinski definition) is 3. The topological polar surface area (TPSA) is 75.2 Å². The average Bonchev–Trinajstić information content (AvgIpc) is 2.90. The molecule has 0 radical (unpaired) electrons. The second-order valence-electron chi connectivity index (χ2n) is 6.20. The summed E-state index contributed by atoms with van der Waals surface area (Å²) in [7, 11) is 0. The van der Waals surface area contributed by atoms with Crippen molar-refractivity contribution in [3.05, 3.63) is 34.0 Å². The summed E-state index contributed by atoms with van der Waals surface area (Å²) in [6, 6.07) is 5.57. The van der Waals surface area contributed by atoms with Crippen LogP contribution in [0.15, 0.2) is 12.1 Å². The zero-order chi connectivity index (χ0) is 17.4. The molecule has 1 aliphatic rings. The van der Waals surface area contributed by atoms with E-state index in [1.54, 1.807) is 16.7 Å². The van der Waals surface area contributed by atoms with Crippen molar-refractivity contribution in [3.8, 4) is 6.07 Å². The molecule has 1 N–H and O–H groups in total. The van der Waals surface area contributed by atoms with Crippen LogP contribution in [0.4, 0.5) is 0 Å². The number of benzene rings is 1. The Hall–Kier alpha value is -2.03. The van der Waals surface area contributed by atoms with Gasteiger partial charge in [0, 0.05) is 5.39 Å². The molecule has 0 aliphatic carbocycles. The molecule has 24 heavy (non-hydrogen) atoms. The van der Waals surface area contributed by atoms with Crippen molar-refractivity contribution in [2.75, 3.05) is 6.61 Å². The van der Waals surface area contributed by atoms with E-state index in [2.05, 4.69) is 19.9 Å². The molecule has 1 aliphatic heterocycles. The van der Waals surface area contributed by atoms with E-state index in [1.165, 1.54) is 0 Å². The fraction of sp³-hybridized carbons (Fsp3) is 0.444. The van der Waals surface area contributed by atoms with Crippen LogP contribution in [-0.4, -0.2) is 22.2 Å². The van der Waals surface area contributed by atoms with E-state index in [-0.39, 0.29) is 18.6 Å². The average molecular weight is 347 g/mol. The zero-order valence-electron chi connectivity index (χ0n) is 13.7. The lowest BCUT2D eigenvalue weighted by molar-refractivity contribution is -0.137. The first kappa shape index (κ1) is 16.8. The predicted octanol–water partition coefficient (Wildman–Crippen LogP) is 3.91. The number of hydrogen-bond donors (Lipinski definition) is 1. The summed E-state index contributed by atoms with van der Waals surface area (Å²) in [4.78, 5) is 11.4. The van der Waals surface area contributed by atoms with Crippen molar-refractivity contribution in [1.82, 2.24) is 4.57 Å². The van der Waals surface area contributed by atoms with Crippen LogP contribution in [-0.2, 0) is 22.5 Å². The molecule has 2 aromatic rings. The van der Waals surface area contributed by atoms with E-state index in [1.807, 2.05) is 0 Å². The minimum absolute atomic E-state index is 0.187. The number of halogens is 1. The Labute approximate surface area is 145 Å². The number of aromatic nitrogens is 1. The van der Waals surface area contributed by atoms with Crippen LogP contribution in [0, 0.1) is 17.2 Å². The van der Waals surface area contributed by atoms with E-state index in [0.29, 0.717) is 29.1 Å². The molecule has 0 saturated carbocycles. The van der Waals surface area contributed by atoms with E-state index in [0.717, 1.165) is 23.1 Å². The lowest BCUT2D eigenvalue weighted by atomic mass is 9.92. The number of carbonyl (C=O) groups is 1. The van der Waals surface area contributed by atoms with E-state index >= 15 is 0 Å². The summed E-state index contributed by atoms with van der Waals surface area (Å²) in [5.41, 5.74) is 3.01. The standard InChI is InChI=1S/C18H19ClN2O3/c1-3-10(2)18-16-12(6-7-24-18)15-11(8-20)4-5-13(19)17(15)21(16)9-14(22)23/h4-5,10,18H,3,6-7,9H2,1-2H3,(H,22,23)/t10?,18-/m1/s1. The summed E-state index contributed by atoms with van der Waals surface area (Å²) in [5, 5.41) is 20.1. The van der Waals surface area contributed by atoms with Crippen molar-refractivity contribution in [3.63, 3.8) is 0 Å². The quantitative estimate of drug-likeness (QED) is 0.910. The fourth-order valence-electron chi connectivity index (χ4n) is 3.53. The maximum absolute atomic E-state index is 11.4. The third-order valence-electron chi connectivity index (χ3n) is 4.79. The molecule has 0 spiro atoms. The van der Waals surface area contributed by atoms with Crippen LogP contribution in [0.2, 0.25) is 5.02 Å². The second kappa shape index (κ2) is 6.46. The molecule has 2 atom stereocenters. The molecule has 0 fully saturated rings. The molecule has 1 aromatic heterocycles. The number of nitrogens with zero attached hydrogens (tertiary/aromatic N) is 2. The number of aliphatic carboxylic acids is 1.